The fraction of sp³-hybridized carbons (Fsp3) is 0.294. The lowest BCUT2D eigenvalue weighted by Gasteiger charge is -2.10. The Hall–Kier alpha value is -1.92. The van der Waals surface area contributed by atoms with Gasteiger partial charge >= 0.3 is 0 Å². The normalized spacial score (nSPS) is 10.3. The molecule has 1 aromatic heterocycles. The molecule has 23 heavy (non-hydrogen) atoms. The topological polar surface area (TPSA) is 63.2 Å². The SMILES string of the molecule is CCCNCCNC(=O)c1cccnc1Oc1cccc(Br)c1. The third kappa shape index (κ3) is 5.65. The zero-order valence-electron chi connectivity index (χ0n) is 13.0. The Bertz CT molecular complexity index is 649. The highest BCUT2D eigenvalue weighted by molar-refractivity contribution is 9.10. The second kappa shape index (κ2) is 9.27. The van der Waals surface area contributed by atoms with Gasteiger partial charge in [-0.2, -0.15) is 0 Å². The first-order valence-corrected chi connectivity index (χ1v) is 8.37. The molecule has 0 fully saturated rings. The molecule has 0 saturated carbocycles. The smallest absolute Gasteiger partial charge is 0.256 e. The number of benzene rings is 1. The van der Waals surface area contributed by atoms with Gasteiger partial charge in [0.2, 0.25) is 5.88 Å². The first kappa shape index (κ1) is 17.4. The van der Waals surface area contributed by atoms with Gasteiger partial charge in [0.15, 0.2) is 0 Å². The highest BCUT2D eigenvalue weighted by Crippen LogP contribution is 2.25. The molecule has 1 heterocycles. The molecule has 0 radical (unpaired) electrons. The summed E-state index contributed by atoms with van der Waals surface area (Å²) in [7, 11) is 0. The molecule has 122 valence electrons. The lowest BCUT2D eigenvalue weighted by atomic mass is 10.2. The van der Waals surface area contributed by atoms with Crippen molar-refractivity contribution in [2.75, 3.05) is 19.6 Å². The van der Waals surface area contributed by atoms with E-state index in [-0.39, 0.29) is 5.91 Å². The molecular weight excluding hydrogens is 358 g/mol. The predicted octanol–water partition coefficient (Wildman–Crippen LogP) is 3.37. The summed E-state index contributed by atoms with van der Waals surface area (Å²) in [6, 6.07) is 10.8. The van der Waals surface area contributed by atoms with Crippen molar-refractivity contribution in [1.29, 1.82) is 0 Å². The molecule has 2 aromatic rings. The van der Waals surface area contributed by atoms with Gasteiger partial charge < -0.3 is 15.4 Å². The highest BCUT2D eigenvalue weighted by Gasteiger charge is 2.13. The molecule has 2 N–H and O–H groups in total. The zero-order chi connectivity index (χ0) is 16.5. The molecule has 0 aliphatic carbocycles. The van der Waals surface area contributed by atoms with Crippen LogP contribution in [0, 0.1) is 0 Å². The number of hydrogen-bond acceptors (Lipinski definition) is 4. The van der Waals surface area contributed by atoms with Crippen molar-refractivity contribution in [3.05, 3.63) is 52.6 Å². The van der Waals surface area contributed by atoms with Crippen LogP contribution in [0.4, 0.5) is 0 Å². The van der Waals surface area contributed by atoms with Crippen molar-refractivity contribution in [3.8, 4) is 11.6 Å². The van der Waals surface area contributed by atoms with E-state index in [0.29, 0.717) is 23.7 Å². The van der Waals surface area contributed by atoms with Gasteiger partial charge in [-0.05, 0) is 43.3 Å². The third-order valence-electron chi connectivity index (χ3n) is 3.04. The molecule has 0 spiro atoms. The van der Waals surface area contributed by atoms with Crippen LogP contribution in [0.2, 0.25) is 0 Å². The number of halogens is 1. The van der Waals surface area contributed by atoms with Gasteiger partial charge in [-0.15, -0.1) is 0 Å². The van der Waals surface area contributed by atoms with Gasteiger partial charge in [-0.3, -0.25) is 4.79 Å². The molecule has 6 heteroatoms. The van der Waals surface area contributed by atoms with Crippen molar-refractivity contribution >= 4 is 21.8 Å². The number of amides is 1. The molecule has 0 bridgehead atoms. The molecule has 0 saturated heterocycles. The van der Waals surface area contributed by atoms with Gasteiger partial charge in [-0.1, -0.05) is 28.9 Å². The first-order valence-electron chi connectivity index (χ1n) is 7.58. The fourth-order valence-corrected chi connectivity index (χ4v) is 2.33. The third-order valence-corrected chi connectivity index (χ3v) is 3.53. The Kier molecular flexibility index (Phi) is 7.03. The molecular formula is C17H20BrN3O2. The van der Waals surface area contributed by atoms with E-state index in [4.69, 9.17) is 4.74 Å². The zero-order valence-corrected chi connectivity index (χ0v) is 14.6. The summed E-state index contributed by atoms with van der Waals surface area (Å²) in [6.07, 6.45) is 2.67. The van der Waals surface area contributed by atoms with Crippen LogP contribution < -0.4 is 15.4 Å². The van der Waals surface area contributed by atoms with Crippen LogP contribution in [-0.4, -0.2) is 30.5 Å². The lowest BCUT2D eigenvalue weighted by Crippen LogP contribution is -2.32. The molecule has 0 atom stereocenters. The van der Waals surface area contributed by atoms with E-state index in [1.165, 1.54) is 0 Å². The van der Waals surface area contributed by atoms with E-state index in [1.807, 2.05) is 24.3 Å². The quantitative estimate of drug-likeness (QED) is 0.692. The number of nitrogens with zero attached hydrogens (tertiary/aromatic N) is 1. The molecule has 0 aliphatic rings. The van der Waals surface area contributed by atoms with E-state index in [9.17, 15) is 4.79 Å². The standard InChI is InChI=1S/C17H20BrN3O2/c1-2-8-19-10-11-20-16(22)15-7-4-9-21-17(15)23-14-6-3-5-13(18)12-14/h3-7,9,12,19H,2,8,10-11H2,1H3,(H,20,22). The van der Waals surface area contributed by atoms with Crippen LogP contribution in [0.15, 0.2) is 47.1 Å². The monoisotopic (exact) mass is 377 g/mol. The average Bonchev–Trinajstić information content (AvgIpc) is 2.55. The summed E-state index contributed by atoms with van der Waals surface area (Å²) >= 11 is 3.39. The summed E-state index contributed by atoms with van der Waals surface area (Å²) < 4.78 is 6.64. The van der Waals surface area contributed by atoms with Gasteiger partial charge in [0.05, 0.1) is 0 Å². The van der Waals surface area contributed by atoms with Gasteiger partial charge in [0, 0.05) is 23.8 Å². The van der Waals surface area contributed by atoms with Crippen LogP contribution >= 0.6 is 15.9 Å². The van der Waals surface area contributed by atoms with E-state index >= 15 is 0 Å². The van der Waals surface area contributed by atoms with Gasteiger partial charge in [0.25, 0.3) is 5.91 Å². The summed E-state index contributed by atoms with van der Waals surface area (Å²) in [5.41, 5.74) is 0.419. The molecule has 5 nitrogen and oxygen atoms in total. The van der Waals surface area contributed by atoms with Crippen LogP contribution in [0.25, 0.3) is 0 Å². The molecule has 1 aromatic carbocycles. The Morgan fingerprint density at radius 2 is 2.09 bits per heavy atom. The summed E-state index contributed by atoms with van der Waals surface area (Å²) in [4.78, 5) is 16.5. The number of hydrogen-bond donors (Lipinski definition) is 2. The summed E-state index contributed by atoms with van der Waals surface area (Å²) in [5, 5.41) is 6.10. The Balaban J connectivity index is 2.00. The Labute approximate surface area is 144 Å². The fourth-order valence-electron chi connectivity index (χ4n) is 1.95. The van der Waals surface area contributed by atoms with Crippen molar-refractivity contribution < 1.29 is 9.53 Å². The average molecular weight is 378 g/mol. The number of nitrogens with one attached hydrogen (secondary N) is 2. The van der Waals surface area contributed by atoms with E-state index in [2.05, 4.69) is 38.5 Å². The lowest BCUT2D eigenvalue weighted by molar-refractivity contribution is 0.0951. The van der Waals surface area contributed by atoms with E-state index in [0.717, 1.165) is 24.0 Å². The second-order valence-electron chi connectivity index (χ2n) is 4.92. The van der Waals surface area contributed by atoms with Crippen LogP contribution in [-0.2, 0) is 0 Å². The first-order chi connectivity index (χ1) is 11.2. The summed E-state index contributed by atoms with van der Waals surface area (Å²) in [5.74, 6) is 0.725. The maximum absolute atomic E-state index is 12.3. The minimum atomic E-state index is -0.193. The largest absolute Gasteiger partial charge is 0.438 e. The summed E-state index contributed by atoms with van der Waals surface area (Å²) in [6.45, 7) is 4.35. The van der Waals surface area contributed by atoms with Gasteiger partial charge in [0.1, 0.15) is 11.3 Å². The van der Waals surface area contributed by atoms with Crippen molar-refractivity contribution in [2.45, 2.75) is 13.3 Å². The molecule has 0 aliphatic heterocycles. The Morgan fingerprint density at radius 3 is 2.87 bits per heavy atom. The molecule has 2 rings (SSSR count). The number of rotatable bonds is 8. The predicted molar refractivity (Wildman–Crippen MR) is 93.9 cm³/mol. The van der Waals surface area contributed by atoms with Crippen molar-refractivity contribution in [2.24, 2.45) is 0 Å². The Morgan fingerprint density at radius 1 is 1.22 bits per heavy atom. The van der Waals surface area contributed by atoms with Crippen LogP contribution in [0.3, 0.4) is 0 Å². The van der Waals surface area contributed by atoms with Crippen LogP contribution in [0.5, 0.6) is 11.6 Å². The van der Waals surface area contributed by atoms with E-state index < -0.39 is 0 Å². The number of aromatic nitrogens is 1. The van der Waals surface area contributed by atoms with Gasteiger partial charge in [-0.25, -0.2) is 4.98 Å². The number of carbonyl (C=O) groups is 1. The number of pyridine rings is 1. The molecule has 0 unspecified atom stereocenters. The van der Waals surface area contributed by atoms with E-state index in [1.54, 1.807) is 18.3 Å². The minimum absolute atomic E-state index is 0.193. The minimum Gasteiger partial charge on any atom is -0.438 e. The van der Waals surface area contributed by atoms with Crippen molar-refractivity contribution in [3.63, 3.8) is 0 Å². The number of ether oxygens (including phenoxy) is 1. The van der Waals surface area contributed by atoms with Crippen LogP contribution in [0.1, 0.15) is 23.7 Å². The highest BCUT2D eigenvalue weighted by atomic mass is 79.9. The second-order valence-corrected chi connectivity index (χ2v) is 5.84. The molecule has 1 amide bonds. The maximum Gasteiger partial charge on any atom is 0.256 e. The number of carbonyl (C=O) groups excluding carboxylic acids is 1. The maximum atomic E-state index is 12.3. The van der Waals surface area contributed by atoms with Crippen molar-refractivity contribution in [1.82, 2.24) is 15.6 Å².